The Morgan fingerprint density at radius 1 is 1.28 bits per heavy atom. The number of nitrogens with one attached hydrogen (secondary N) is 1. The van der Waals surface area contributed by atoms with Crippen LogP contribution >= 0.6 is 0 Å². The summed E-state index contributed by atoms with van der Waals surface area (Å²) in [7, 11) is 0. The minimum atomic E-state index is -1.64. The summed E-state index contributed by atoms with van der Waals surface area (Å²) in [5.74, 6) is 1.85. The molecule has 3 saturated heterocycles. The largest absolute Gasteiger partial charge is 0.549 e. The zero-order valence-electron chi connectivity index (χ0n) is 16.2. The van der Waals surface area contributed by atoms with Crippen LogP contribution in [0.4, 0.5) is 0 Å². The van der Waals surface area contributed by atoms with Gasteiger partial charge < -0.3 is 19.4 Å². The molecule has 1 unspecified atom stereocenters. The normalized spacial score (nSPS) is 53.1. The van der Waals surface area contributed by atoms with Crippen LogP contribution in [-0.2, 0) is 14.1 Å². The molecule has 6 aliphatic rings. The van der Waals surface area contributed by atoms with Gasteiger partial charge in [0, 0.05) is 18.2 Å². The van der Waals surface area contributed by atoms with Crippen molar-refractivity contribution in [3.05, 3.63) is 0 Å². The van der Waals surface area contributed by atoms with E-state index in [0.29, 0.717) is 11.3 Å². The lowest BCUT2D eigenvalue weighted by Gasteiger charge is -2.66. The third-order valence-corrected chi connectivity index (χ3v) is 8.53. The molecule has 6 rings (SSSR count). The van der Waals surface area contributed by atoms with Crippen LogP contribution < -0.4 is 5.23 Å². The van der Waals surface area contributed by atoms with Gasteiger partial charge in [-0.05, 0) is 55.3 Å². The van der Waals surface area contributed by atoms with Gasteiger partial charge in [-0.2, -0.15) is 0 Å². The molecule has 3 aliphatic carbocycles. The van der Waals surface area contributed by atoms with Crippen molar-refractivity contribution in [3.8, 4) is 0 Å². The van der Waals surface area contributed by atoms with Crippen LogP contribution in [0, 0.1) is 23.2 Å². The lowest BCUT2D eigenvalue weighted by atomic mass is 9.43. The Labute approximate surface area is 151 Å². The second-order valence-corrected chi connectivity index (χ2v) is 10.4. The quantitative estimate of drug-likeness (QED) is 0.740. The lowest BCUT2D eigenvalue weighted by Crippen LogP contribution is -2.77. The number of hydrogen-bond donors (Lipinski definition) is 1. The van der Waals surface area contributed by atoms with Crippen molar-refractivity contribution in [2.45, 2.75) is 84.0 Å². The van der Waals surface area contributed by atoms with E-state index in [1.807, 2.05) is 0 Å². The van der Waals surface area contributed by atoms with Gasteiger partial charge in [-0.15, -0.1) is 0 Å². The van der Waals surface area contributed by atoms with Crippen molar-refractivity contribution >= 4 is 12.6 Å². The molecular formula is C19H32BN2O3-. The molecule has 0 aromatic rings. The van der Waals surface area contributed by atoms with Gasteiger partial charge in [0.1, 0.15) is 0 Å². The molecule has 7 atom stereocenters. The predicted octanol–water partition coefficient (Wildman–Crippen LogP) is 2.32. The lowest BCUT2D eigenvalue weighted by molar-refractivity contribution is -0.200. The Bertz CT molecular complexity index is 622. The topological polar surface area (TPSA) is 50.8 Å². The van der Waals surface area contributed by atoms with Crippen molar-refractivity contribution in [2.24, 2.45) is 23.2 Å². The van der Waals surface area contributed by atoms with E-state index >= 15 is 0 Å². The summed E-state index contributed by atoms with van der Waals surface area (Å²) in [6.07, 6.45) is 4.57. The average Bonchev–Trinajstić information content (AvgIpc) is 3.12. The van der Waals surface area contributed by atoms with Gasteiger partial charge in [-0.1, -0.05) is 34.1 Å². The SMILES string of the molecule is CC(C)[C@@H]1N[B-]2(O[C@@H]3C[C@@H]4C[C@@H](C4(C)C)[C@]3(C)O2)[C@@H]2CCCN2C1=O. The molecule has 1 N–H and O–H groups in total. The number of carbonyl (C=O) groups is 1. The zero-order chi connectivity index (χ0) is 17.8. The minimum absolute atomic E-state index is 0.0743. The monoisotopic (exact) mass is 347 g/mol. The van der Waals surface area contributed by atoms with E-state index in [0.717, 1.165) is 31.7 Å². The van der Waals surface area contributed by atoms with Gasteiger partial charge in [0.2, 0.25) is 5.91 Å². The molecule has 0 radical (unpaired) electrons. The minimum Gasteiger partial charge on any atom is -0.549 e. The Hall–Kier alpha value is -0.585. The molecule has 1 spiro atoms. The number of nitrogens with zero attached hydrogens (tertiary/aromatic N) is 1. The van der Waals surface area contributed by atoms with Crippen molar-refractivity contribution in [2.75, 3.05) is 6.54 Å². The summed E-state index contributed by atoms with van der Waals surface area (Å²) in [6.45, 7) is 10.5. The molecule has 3 heterocycles. The van der Waals surface area contributed by atoms with Gasteiger partial charge in [0.05, 0.1) is 6.04 Å². The molecule has 0 aromatic heterocycles. The van der Waals surface area contributed by atoms with Crippen LogP contribution in [-0.4, -0.2) is 47.7 Å². The van der Waals surface area contributed by atoms with Gasteiger partial charge in [-0.3, -0.25) is 4.79 Å². The van der Waals surface area contributed by atoms with Crippen molar-refractivity contribution < 1.29 is 14.1 Å². The Kier molecular flexibility index (Phi) is 3.19. The van der Waals surface area contributed by atoms with E-state index in [1.54, 1.807) is 0 Å². The summed E-state index contributed by atoms with van der Waals surface area (Å²) in [6, 6.07) is -0.193. The summed E-state index contributed by atoms with van der Waals surface area (Å²) in [5.41, 5.74) is 0.120. The molecule has 3 aliphatic heterocycles. The molecule has 140 valence electrons. The van der Waals surface area contributed by atoms with Crippen molar-refractivity contribution in [1.29, 1.82) is 0 Å². The fourth-order valence-electron chi connectivity index (χ4n) is 6.96. The van der Waals surface area contributed by atoms with Gasteiger partial charge in [0.25, 0.3) is 0 Å². The zero-order valence-corrected chi connectivity index (χ0v) is 16.2. The fraction of sp³-hybridized carbons (Fsp3) is 0.947. The van der Waals surface area contributed by atoms with Gasteiger partial charge in [0.15, 0.2) is 0 Å². The van der Waals surface area contributed by atoms with Crippen molar-refractivity contribution in [1.82, 2.24) is 10.1 Å². The molecule has 5 nitrogen and oxygen atoms in total. The summed E-state index contributed by atoms with van der Waals surface area (Å²) in [4.78, 5) is 15.0. The van der Waals surface area contributed by atoms with Crippen LogP contribution in [0.3, 0.4) is 0 Å². The van der Waals surface area contributed by atoms with Gasteiger partial charge >= 0.3 is 6.69 Å². The summed E-state index contributed by atoms with van der Waals surface area (Å²) >= 11 is 0. The molecular weight excluding hydrogens is 315 g/mol. The predicted molar refractivity (Wildman–Crippen MR) is 96.6 cm³/mol. The first-order chi connectivity index (χ1) is 11.7. The highest BCUT2D eigenvalue weighted by Crippen LogP contribution is 2.66. The average molecular weight is 347 g/mol. The number of fused-ring (bicyclic) bond motifs is 2. The molecule has 25 heavy (non-hydrogen) atoms. The van der Waals surface area contributed by atoms with E-state index in [4.69, 9.17) is 9.31 Å². The maximum atomic E-state index is 12.9. The number of amides is 1. The van der Waals surface area contributed by atoms with E-state index in [2.05, 4.69) is 44.7 Å². The van der Waals surface area contributed by atoms with Crippen LogP contribution in [0.5, 0.6) is 0 Å². The Morgan fingerprint density at radius 3 is 2.72 bits per heavy atom. The highest BCUT2D eigenvalue weighted by Gasteiger charge is 2.69. The summed E-state index contributed by atoms with van der Waals surface area (Å²) < 4.78 is 13.7. The highest BCUT2D eigenvalue weighted by atomic mass is 16.7. The van der Waals surface area contributed by atoms with Crippen LogP contribution in [0.25, 0.3) is 0 Å². The molecule has 3 saturated carbocycles. The Balaban J connectivity index is 1.52. The second kappa shape index (κ2) is 4.82. The van der Waals surface area contributed by atoms with E-state index in [9.17, 15) is 4.79 Å². The standard InChI is InChI=1S/C19H32BN2O3/c1-11(2)16-17(23)22-8-6-7-15(22)20(21-16)24-14-10-12-9-13(18(12,3)4)19(14,5)25-20/h11-16,21H,6-10H2,1-5H3/q-1/t12-,13-,14+,15-,16-,19-,20?/m0/s1. The smallest absolute Gasteiger partial charge is 0.338 e. The third kappa shape index (κ3) is 1.89. The maximum Gasteiger partial charge on any atom is 0.338 e. The Morgan fingerprint density at radius 2 is 2.04 bits per heavy atom. The first-order valence-corrected chi connectivity index (χ1v) is 10.3. The maximum absolute atomic E-state index is 12.9. The van der Waals surface area contributed by atoms with Gasteiger partial charge in [-0.25, -0.2) is 0 Å². The molecule has 2 bridgehead atoms. The third-order valence-electron chi connectivity index (χ3n) is 8.53. The van der Waals surface area contributed by atoms with Crippen LogP contribution in [0.2, 0.25) is 0 Å². The molecule has 6 heteroatoms. The number of rotatable bonds is 1. The van der Waals surface area contributed by atoms with Crippen molar-refractivity contribution in [3.63, 3.8) is 0 Å². The summed E-state index contributed by atoms with van der Waals surface area (Å²) in [5, 5.41) is 3.62. The first-order valence-electron chi connectivity index (χ1n) is 10.3. The van der Waals surface area contributed by atoms with E-state index in [1.165, 1.54) is 6.42 Å². The van der Waals surface area contributed by atoms with Crippen LogP contribution in [0.15, 0.2) is 0 Å². The highest BCUT2D eigenvalue weighted by molar-refractivity contribution is 6.68. The van der Waals surface area contributed by atoms with E-state index in [-0.39, 0.29) is 35.5 Å². The van der Waals surface area contributed by atoms with Crippen LogP contribution in [0.1, 0.15) is 60.3 Å². The number of carbonyl (C=O) groups excluding carboxylic acids is 1. The number of hydrogen-bond acceptors (Lipinski definition) is 4. The van der Waals surface area contributed by atoms with E-state index < -0.39 is 6.69 Å². The molecule has 1 amide bonds. The second-order valence-electron chi connectivity index (χ2n) is 10.4. The first kappa shape index (κ1) is 16.6. The molecule has 0 aromatic carbocycles. The molecule has 6 fully saturated rings. The fourth-order valence-corrected chi connectivity index (χ4v) is 6.96.